The molecule has 2 rings (SSSR count). The van der Waals surface area contributed by atoms with Crippen LogP contribution in [0, 0.1) is 5.92 Å². The average Bonchev–Trinajstić information content (AvgIpc) is 2.99. The van der Waals surface area contributed by atoms with Gasteiger partial charge in [-0.2, -0.15) is 0 Å². The van der Waals surface area contributed by atoms with E-state index in [0.717, 1.165) is 43.5 Å². The predicted octanol–water partition coefficient (Wildman–Crippen LogP) is 5.78. The highest BCUT2D eigenvalue weighted by Crippen LogP contribution is 2.43. The fourth-order valence-electron chi connectivity index (χ4n) is 2.85. The molecule has 1 amide bonds. The van der Waals surface area contributed by atoms with Gasteiger partial charge in [-0.25, -0.2) is 0 Å². The number of hydrogen-bond acceptors (Lipinski definition) is 2. The van der Waals surface area contributed by atoms with Crippen molar-refractivity contribution >= 4 is 40.9 Å². The van der Waals surface area contributed by atoms with Gasteiger partial charge in [0.25, 0.3) is 0 Å². The van der Waals surface area contributed by atoms with Crippen molar-refractivity contribution in [1.29, 1.82) is 0 Å². The van der Waals surface area contributed by atoms with Crippen molar-refractivity contribution in [3.05, 3.63) is 33.8 Å². The summed E-state index contributed by atoms with van der Waals surface area (Å²) in [7, 11) is 0. The lowest BCUT2D eigenvalue weighted by Crippen LogP contribution is -2.35. The number of nitrogens with zero attached hydrogens (tertiary/aromatic N) is 1. The van der Waals surface area contributed by atoms with Crippen LogP contribution in [0.3, 0.4) is 0 Å². The molecule has 1 aromatic carbocycles. The van der Waals surface area contributed by atoms with Gasteiger partial charge in [0, 0.05) is 23.8 Å². The number of unbranched alkanes of at least 4 members (excludes halogenated alkanes) is 1. The zero-order valence-electron chi connectivity index (χ0n) is 13.1. The third kappa shape index (κ3) is 3.93. The quantitative estimate of drug-likeness (QED) is 0.640. The Kier molecular flexibility index (Phi) is 6.91. The third-order valence-corrected chi connectivity index (χ3v) is 6.25. The van der Waals surface area contributed by atoms with Crippen LogP contribution < -0.4 is 0 Å². The molecule has 0 spiro atoms. The zero-order valence-corrected chi connectivity index (χ0v) is 15.5. The summed E-state index contributed by atoms with van der Waals surface area (Å²) in [5.74, 6) is 1.34. The van der Waals surface area contributed by atoms with Gasteiger partial charge in [0.05, 0.1) is 10.0 Å². The lowest BCUT2D eigenvalue weighted by molar-refractivity contribution is -0.136. The number of halogens is 2. The average molecular weight is 360 g/mol. The first kappa shape index (κ1) is 18.0. The Morgan fingerprint density at radius 1 is 1.41 bits per heavy atom. The van der Waals surface area contributed by atoms with E-state index in [2.05, 4.69) is 13.8 Å². The molecule has 22 heavy (non-hydrogen) atoms. The monoisotopic (exact) mass is 359 g/mol. The Morgan fingerprint density at radius 3 is 2.86 bits per heavy atom. The van der Waals surface area contributed by atoms with Gasteiger partial charge in [-0.1, -0.05) is 62.0 Å². The highest BCUT2D eigenvalue weighted by molar-refractivity contribution is 7.99. The largest absolute Gasteiger partial charge is 0.325 e. The van der Waals surface area contributed by atoms with Crippen LogP contribution in [-0.2, 0) is 4.79 Å². The molecule has 0 aliphatic carbocycles. The summed E-state index contributed by atoms with van der Waals surface area (Å²) in [4.78, 5) is 14.9. The van der Waals surface area contributed by atoms with Crippen molar-refractivity contribution in [1.82, 2.24) is 4.90 Å². The number of benzene rings is 1. The van der Waals surface area contributed by atoms with Crippen LogP contribution in [0.1, 0.15) is 50.5 Å². The number of rotatable bonds is 6. The number of carbonyl (C=O) groups excluding carboxylic acids is 1. The van der Waals surface area contributed by atoms with Crippen molar-refractivity contribution in [2.45, 2.75) is 44.9 Å². The number of carbonyl (C=O) groups is 1. The summed E-state index contributed by atoms with van der Waals surface area (Å²) in [5.41, 5.74) is 0.954. The van der Waals surface area contributed by atoms with Crippen molar-refractivity contribution in [2.75, 3.05) is 12.3 Å². The maximum atomic E-state index is 12.9. The van der Waals surface area contributed by atoms with Gasteiger partial charge in [0.2, 0.25) is 5.91 Å². The minimum atomic E-state index is -0.00521. The second-order valence-electron chi connectivity index (χ2n) is 5.65. The van der Waals surface area contributed by atoms with E-state index in [4.69, 9.17) is 23.2 Å². The van der Waals surface area contributed by atoms with E-state index in [0.29, 0.717) is 10.0 Å². The predicted molar refractivity (Wildman–Crippen MR) is 96.7 cm³/mol. The zero-order chi connectivity index (χ0) is 16.1. The molecule has 1 fully saturated rings. The van der Waals surface area contributed by atoms with E-state index < -0.39 is 0 Å². The summed E-state index contributed by atoms with van der Waals surface area (Å²) in [5, 5.41) is 1.12. The molecular formula is C17H23Cl2NOS. The third-order valence-electron chi connectivity index (χ3n) is 4.17. The van der Waals surface area contributed by atoms with Crippen molar-refractivity contribution < 1.29 is 4.79 Å². The lowest BCUT2D eigenvalue weighted by atomic mass is 9.97. The standard InChI is InChI=1S/C17H23Cl2NOS/c1-3-5-7-12(4-2)16(21)20-10-11-22-17(20)13-8-6-9-14(18)15(13)19/h6,8-9,12,17H,3-5,7,10-11H2,1-2H3/t12-,17+/m1/s1. The van der Waals surface area contributed by atoms with E-state index in [-0.39, 0.29) is 17.2 Å². The fourth-order valence-corrected chi connectivity index (χ4v) is 4.62. The highest BCUT2D eigenvalue weighted by Gasteiger charge is 2.34. The van der Waals surface area contributed by atoms with Crippen LogP contribution >= 0.6 is 35.0 Å². The van der Waals surface area contributed by atoms with E-state index in [9.17, 15) is 4.79 Å². The molecule has 122 valence electrons. The molecular weight excluding hydrogens is 337 g/mol. The summed E-state index contributed by atoms with van der Waals surface area (Å²) in [6.07, 6.45) is 4.11. The van der Waals surface area contributed by atoms with E-state index in [1.54, 1.807) is 17.8 Å². The van der Waals surface area contributed by atoms with Gasteiger partial charge >= 0.3 is 0 Å². The second-order valence-corrected chi connectivity index (χ2v) is 7.62. The number of amides is 1. The topological polar surface area (TPSA) is 20.3 Å². The Morgan fingerprint density at radius 2 is 2.18 bits per heavy atom. The van der Waals surface area contributed by atoms with Crippen LogP contribution in [0.15, 0.2) is 18.2 Å². The molecule has 0 radical (unpaired) electrons. The molecule has 0 bridgehead atoms. The molecule has 1 aliphatic rings. The number of hydrogen-bond donors (Lipinski definition) is 0. The van der Waals surface area contributed by atoms with E-state index >= 15 is 0 Å². The van der Waals surface area contributed by atoms with Crippen molar-refractivity contribution in [3.63, 3.8) is 0 Å². The Labute approximate surface area is 147 Å². The van der Waals surface area contributed by atoms with E-state index in [1.807, 2.05) is 17.0 Å². The van der Waals surface area contributed by atoms with Gasteiger partial charge in [-0.15, -0.1) is 11.8 Å². The van der Waals surface area contributed by atoms with Gasteiger partial charge in [-0.3, -0.25) is 4.79 Å². The maximum Gasteiger partial charge on any atom is 0.226 e. The highest BCUT2D eigenvalue weighted by atomic mass is 35.5. The molecule has 2 atom stereocenters. The Bertz CT molecular complexity index is 523. The van der Waals surface area contributed by atoms with Gasteiger partial charge in [-0.05, 0) is 18.9 Å². The lowest BCUT2D eigenvalue weighted by Gasteiger charge is -2.28. The molecule has 0 aromatic heterocycles. The molecule has 1 aromatic rings. The molecule has 0 unspecified atom stereocenters. The Balaban J connectivity index is 2.19. The van der Waals surface area contributed by atoms with Crippen LogP contribution in [0.25, 0.3) is 0 Å². The minimum Gasteiger partial charge on any atom is -0.325 e. The molecule has 0 N–H and O–H groups in total. The first-order valence-electron chi connectivity index (χ1n) is 7.96. The van der Waals surface area contributed by atoms with Crippen molar-refractivity contribution in [2.24, 2.45) is 5.92 Å². The summed E-state index contributed by atoms with van der Waals surface area (Å²) in [6, 6.07) is 5.67. The summed E-state index contributed by atoms with van der Waals surface area (Å²) >= 11 is 14.3. The summed E-state index contributed by atoms with van der Waals surface area (Å²) in [6.45, 7) is 5.06. The van der Waals surface area contributed by atoms with Crippen LogP contribution in [0.5, 0.6) is 0 Å². The Hall–Kier alpha value is -0.380. The molecule has 1 heterocycles. The first-order chi connectivity index (χ1) is 10.6. The molecule has 1 aliphatic heterocycles. The van der Waals surface area contributed by atoms with Crippen molar-refractivity contribution in [3.8, 4) is 0 Å². The van der Waals surface area contributed by atoms with Crippen LogP contribution in [0.4, 0.5) is 0 Å². The maximum absolute atomic E-state index is 12.9. The normalized spacial score (nSPS) is 19.5. The first-order valence-corrected chi connectivity index (χ1v) is 9.76. The van der Waals surface area contributed by atoms with Crippen LogP contribution in [0.2, 0.25) is 10.0 Å². The molecule has 2 nitrogen and oxygen atoms in total. The fraction of sp³-hybridized carbons (Fsp3) is 0.588. The number of thioether (sulfide) groups is 1. The smallest absolute Gasteiger partial charge is 0.226 e. The van der Waals surface area contributed by atoms with Gasteiger partial charge in [0.1, 0.15) is 5.37 Å². The van der Waals surface area contributed by atoms with E-state index in [1.165, 1.54) is 0 Å². The second kappa shape index (κ2) is 8.47. The molecule has 0 saturated carbocycles. The van der Waals surface area contributed by atoms with Crippen LogP contribution in [-0.4, -0.2) is 23.1 Å². The molecule has 5 heteroatoms. The van der Waals surface area contributed by atoms with Gasteiger partial charge in [0.15, 0.2) is 0 Å². The van der Waals surface area contributed by atoms with Gasteiger partial charge < -0.3 is 4.90 Å². The SMILES string of the molecule is CCCC[C@@H](CC)C(=O)N1CCS[C@H]1c1cccc(Cl)c1Cl. The minimum absolute atomic E-state index is 0.00521. The summed E-state index contributed by atoms with van der Waals surface area (Å²) < 4.78 is 0. The molecule has 1 saturated heterocycles.